The number of primary amides is 1. The quantitative estimate of drug-likeness (QED) is 0.547. The summed E-state index contributed by atoms with van der Waals surface area (Å²) >= 11 is 3.19. The molecule has 2 aromatic heterocycles. The summed E-state index contributed by atoms with van der Waals surface area (Å²) < 4.78 is 0. The largest absolute Gasteiger partial charge is 0.365 e. The molecule has 0 bridgehead atoms. The maximum atomic E-state index is 12.7. The molecule has 0 atom stereocenters. The molecule has 2 aromatic rings. The number of rotatable bonds is 8. The molecule has 0 radical (unpaired) electrons. The summed E-state index contributed by atoms with van der Waals surface area (Å²) in [4.78, 5) is 41.6. The average molecular weight is 475 g/mol. The van der Waals surface area contributed by atoms with Gasteiger partial charge in [0.15, 0.2) is 0 Å². The van der Waals surface area contributed by atoms with Gasteiger partial charge in [0.25, 0.3) is 5.91 Å². The van der Waals surface area contributed by atoms with Crippen molar-refractivity contribution in [2.45, 2.75) is 44.9 Å². The van der Waals surface area contributed by atoms with Crippen molar-refractivity contribution in [3.05, 3.63) is 38.4 Å². The van der Waals surface area contributed by atoms with Crippen molar-refractivity contribution >= 4 is 45.4 Å². The molecule has 0 aromatic carbocycles. The fourth-order valence-corrected chi connectivity index (χ4v) is 6.56. The van der Waals surface area contributed by atoms with Gasteiger partial charge in [-0.05, 0) is 75.0 Å². The molecule has 0 unspecified atom stereocenters. The third kappa shape index (κ3) is 5.57. The van der Waals surface area contributed by atoms with Crippen LogP contribution in [0.3, 0.4) is 0 Å². The summed E-state index contributed by atoms with van der Waals surface area (Å²) in [7, 11) is 0. The monoisotopic (exact) mass is 474 g/mol. The lowest BCUT2D eigenvalue weighted by molar-refractivity contribution is -0.126. The average Bonchev–Trinajstić information content (AvgIpc) is 3.41. The number of nitrogens with one attached hydrogen (secondary N) is 2. The molecule has 9 heteroatoms. The van der Waals surface area contributed by atoms with E-state index in [4.69, 9.17) is 5.73 Å². The lowest BCUT2D eigenvalue weighted by atomic mass is 9.95. The summed E-state index contributed by atoms with van der Waals surface area (Å²) in [5, 5.41) is 8.62. The number of carbonyl (C=O) groups is 3. The van der Waals surface area contributed by atoms with Crippen molar-refractivity contribution in [1.82, 2.24) is 10.2 Å². The Balaban J connectivity index is 1.23. The number of hydrogen-bond acceptors (Lipinski definition) is 6. The van der Waals surface area contributed by atoms with Crippen molar-refractivity contribution < 1.29 is 14.4 Å². The third-order valence-corrected chi connectivity index (χ3v) is 8.39. The Morgan fingerprint density at radius 1 is 1.16 bits per heavy atom. The number of nitrogens with zero attached hydrogens (tertiary/aromatic N) is 1. The standard InChI is InChI=1S/C23H30N4O3S2/c24-21(29)20-17-5-1-2-6-18(17)32-23(20)26-19(28)14-27-11-8-15(9-12-27)22(30)25-10-7-16-4-3-13-31-16/h3-4,13,15H,1-2,5-12,14H2,(H2,24,29)(H,25,30)(H,26,28). The minimum absolute atomic E-state index is 0.00290. The summed E-state index contributed by atoms with van der Waals surface area (Å²) in [6, 6.07) is 4.10. The number of thiophene rings is 2. The minimum atomic E-state index is -0.467. The number of anilines is 1. The smallest absolute Gasteiger partial charge is 0.251 e. The van der Waals surface area contributed by atoms with Crippen LogP contribution in [0.1, 0.15) is 51.4 Å². The predicted molar refractivity (Wildman–Crippen MR) is 128 cm³/mol. The second-order valence-corrected chi connectivity index (χ2v) is 10.6. The molecule has 4 N–H and O–H groups in total. The topological polar surface area (TPSA) is 105 Å². The van der Waals surface area contributed by atoms with Gasteiger partial charge in [-0.3, -0.25) is 19.3 Å². The van der Waals surface area contributed by atoms with Crippen LogP contribution in [-0.4, -0.2) is 48.8 Å². The molecule has 3 amide bonds. The minimum Gasteiger partial charge on any atom is -0.365 e. The number of aryl methyl sites for hydroxylation is 1. The number of carbonyl (C=O) groups excluding carboxylic acids is 3. The van der Waals surface area contributed by atoms with Crippen molar-refractivity contribution in [2.24, 2.45) is 11.7 Å². The Morgan fingerprint density at radius 3 is 2.66 bits per heavy atom. The molecule has 0 spiro atoms. The summed E-state index contributed by atoms with van der Waals surface area (Å²) in [5.41, 5.74) is 7.14. The second kappa shape index (κ2) is 10.6. The molecule has 1 aliphatic heterocycles. The fraction of sp³-hybridized carbons (Fsp3) is 0.522. The second-order valence-electron chi connectivity index (χ2n) is 8.50. The first-order valence-electron chi connectivity index (χ1n) is 11.3. The molecule has 3 heterocycles. The molecular formula is C23H30N4O3S2. The van der Waals surface area contributed by atoms with E-state index in [1.54, 1.807) is 11.3 Å². The van der Waals surface area contributed by atoms with Crippen molar-refractivity contribution in [2.75, 3.05) is 31.5 Å². The first-order chi connectivity index (χ1) is 15.5. The van der Waals surface area contributed by atoms with Gasteiger partial charge in [0.2, 0.25) is 11.8 Å². The lowest BCUT2D eigenvalue weighted by Gasteiger charge is -2.30. The molecule has 4 rings (SSSR count). The van der Waals surface area contributed by atoms with Crippen LogP contribution in [0, 0.1) is 5.92 Å². The van der Waals surface area contributed by atoms with Crippen LogP contribution in [-0.2, 0) is 28.9 Å². The zero-order valence-corrected chi connectivity index (χ0v) is 19.8. The normalized spacial score (nSPS) is 17.0. The first kappa shape index (κ1) is 22.9. The number of likely N-dealkylation sites (tertiary alicyclic amines) is 1. The van der Waals surface area contributed by atoms with Crippen molar-refractivity contribution in [3.63, 3.8) is 0 Å². The third-order valence-electron chi connectivity index (χ3n) is 6.25. The van der Waals surface area contributed by atoms with E-state index in [0.717, 1.165) is 50.5 Å². The van der Waals surface area contributed by atoms with Crippen LogP contribution >= 0.6 is 22.7 Å². The van der Waals surface area contributed by atoms with E-state index in [9.17, 15) is 14.4 Å². The molecule has 1 saturated heterocycles. The zero-order chi connectivity index (χ0) is 22.5. The maximum absolute atomic E-state index is 12.7. The SMILES string of the molecule is NC(=O)c1c(NC(=O)CN2CCC(C(=O)NCCc3cccs3)CC2)sc2c1CCCC2. The van der Waals surface area contributed by atoms with E-state index >= 15 is 0 Å². The van der Waals surface area contributed by atoms with Gasteiger partial charge in [-0.25, -0.2) is 0 Å². The lowest BCUT2D eigenvalue weighted by Crippen LogP contribution is -2.43. The van der Waals surface area contributed by atoms with Gasteiger partial charge in [0.05, 0.1) is 12.1 Å². The Kier molecular flexibility index (Phi) is 7.59. The molecule has 7 nitrogen and oxygen atoms in total. The van der Waals surface area contributed by atoms with Crippen LogP contribution in [0.2, 0.25) is 0 Å². The zero-order valence-electron chi connectivity index (χ0n) is 18.2. The molecule has 0 saturated carbocycles. The van der Waals surface area contributed by atoms with E-state index in [1.807, 2.05) is 11.4 Å². The van der Waals surface area contributed by atoms with Gasteiger partial charge in [0, 0.05) is 22.2 Å². The predicted octanol–water partition coefficient (Wildman–Crippen LogP) is 2.80. The number of nitrogens with two attached hydrogens (primary N) is 1. The highest BCUT2D eigenvalue weighted by atomic mass is 32.1. The van der Waals surface area contributed by atoms with Gasteiger partial charge in [-0.1, -0.05) is 6.07 Å². The van der Waals surface area contributed by atoms with Gasteiger partial charge in [-0.15, -0.1) is 22.7 Å². The molecule has 172 valence electrons. The van der Waals surface area contributed by atoms with Crippen LogP contribution in [0.15, 0.2) is 17.5 Å². The fourth-order valence-electron chi connectivity index (χ4n) is 4.55. The van der Waals surface area contributed by atoms with Gasteiger partial charge >= 0.3 is 0 Å². The maximum Gasteiger partial charge on any atom is 0.251 e. The van der Waals surface area contributed by atoms with Crippen LogP contribution < -0.4 is 16.4 Å². The van der Waals surface area contributed by atoms with Gasteiger partial charge < -0.3 is 16.4 Å². The summed E-state index contributed by atoms with van der Waals surface area (Å²) in [6.45, 7) is 2.34. The first-order valence-corrected chi connectivity index (χ1v) is 13.0. The number of piperidine rings is 1. The Labute approximate surface area is 196 Å². The van der Waals surface area contributed by atoms with Crippen molar-refractivity contribution in [3.8, 4) is 0 Å². The van der Waals surface area contributed by atoms with E-state index in [1.165, 1.54) is 21.1 Å². The van der Waals surface area contributed by atoms with E-state index in [2.05, 4.69) is 21.6 Å². The van der Waals surface area contributed by atoms with Gasteiger partial charge in [0.1, 0.15) is 5.00 Å². The van der Waals surface area contributed by atoms with Crippen LogP contribution in [0.5, 0.6) is 0 Å². The summed E-state index contributed by atoms with van der Waals surface area (Å²) in [6.07, 6.45) is 6.31. The van der Waals surface area contributed by atoms with E-state index in [0.29, 0.717) is 30.2 Å². The van der Waals surface area contributed by atoms with Gasteiger partial charge in [-0.2, -0.15) is 0 Å². The molecule has 1 aliphatic carbocycles. The van der Waals surface area contributed by atoms with Crippen LogP contribution in [0.25, 0.3) is 0 Å². The Hall–Kier alpha value is -2.23. The number of hydrogen-bond donors (Lipinski definition) is 3. The molecule has 1 fully saturated rings. The highest BCUT2D eigenvalue weighted by molar-refractivity contribution is 7.17. The van der Waals surface area contributed by atoms with E-state index < -0.39 is 5.91 Å². The van der Waals surface area contributed by atoms with Crippen LogP contribution in [0.4, 0.5) is 5.00 Å². The number of fused-ring (bicyclic) bond motifs is 1. The highest BCUT2D eigenvalue weighted by Crippen LogP contribution is 2.37. The molecule has 32 heavy (non-hydrogen) atoms. The molecule has 2 aliphatic rings. The van der Waals surface area contributed by atoms with E-state index in [-0.39, 0.29) is 24.3 Å². The molecular weight excluding hydrogens is 444 g/mol. The Morgan fingerprint density at radius 2 is 1.94 bits per heavy atom. The highest BCUT2D eigenvalue weighted by Gasteiger charge is 2.28. The Bertz CT molecular complexity index is 962. The van der Waals surface area contributed by atoms with Crippen molar-refractivity contribution in [1.29, 1.82) is 0 Å². The summed E-state index contributed by atoms with van der Waals surface area (Å²) in [5.74, 6) is -0.486. The number of amides is 3.